The van der Waals surface area contributed by atoms with E-state index in [1.807, 2.05) is 6.92 Å². The van der Waals surface area contributed by atoms with Crippen LogP contribution in [0.4, 0.5) is 0 Å². The molecule has 1 aliphatic rings. The van der Waals surface area contributed by atoms with Crippen LogP contribution in [0, 0.1) is 11.8 Å². The second kappa shape index (κ2) is 8.36. The first-order chi connectivity index (χ1) is 11.0. The predicted octanol–water partition coefficient (Wildman–Crippen LogP) is 4.75. The van der Waals surface area contributed by atoms with E-state index in [-0.39, 0.29) is 23.0 Å². The van der Waals surface area contributed by atoms with Gasteiger partial charge >= 0.3 is 5.97 Å². The molecule has 0 aromatic heterocycles. The minimum atomic E-state index is -2.01. The largest absolute Gasteiger partial charge is 0.464 e. The molecule has 0 bridgehead atoms. The molecule has 1 aliphatic heterocycles. The van der Waals surface area contributed by atoms with E-state index < -0.39 is 14.4 Å². The Hall–Kier alpha value is -0.333. The number of carbonyl (C=O) groups is 1. The Bertz CT molecular complexity index is 471. The third kappa shape index (κ3) is 4.85. The molecule has 0 N–H and O–H groups in total. The van der Waals surface area contributed by atoms with Gasteiger partial charge in [-0.1, -0.05) is 41.5 Å². The van der Waals surface area contributed by atoms with Crippen LogP contribution < -0.4 is 0 Å². The summed E-state index contributed by atoms with van der Waals surface area (Å²) in [6.07, 6.45) is -0.209. The van der Waals surface area contributed by atoms with Gasteiger partial charge in [0.05, 0.1) is 17.8 Å². The normalized spacial score (nSPS) is 25.1. The summed E-state index contributed by atoms with van der Waals surface area (Å²) in [7, 11) is -2.01. The summed E-state index contributed by atoms with van der Waals surface area (Å²) in [5.41, 5.74) is 0. The van der Waals surface area contributed by atoms with E-state index in [1.165, 1.54) is 0 Å². The van der Waals surface area contributed by atoms with E-state index >= 15 is 0 Å². The molecule has 0 unspecified atom stereocenters. The maximum atomic E-state index is 12.5. The highest BCUT2D eigenvalue weighted by Gasteiger charge is 2.50. The van der Waals surface area contributed by atoms with Crippen LogP contribution in [0.1, 0.15) is 48.5 Å². The highest BCUT2D eigenvalue weighted by Crippen LogP contribution is 2.42. The third-order valence-corrected chi connectivity index (χ3v) is 10.4. The van der Waals surface area contributed by atoms with Gasteiger partial charge in [-0.3, -0.25) is 4.99 Å². The van der Waals surface area contributed by atoms with Crippen molar-refractivity contribution >= 4 is 31.1 Å². The van der Waals surface area contributed by atoms with Crippen molar-refractivity contribution < 1.29 is 14.0 Å². The predicted molar refractivity (Wildman–Crippen MR) is 106 cm³/mol. The van der Waals surface area contributed by atoms with Crippen LogP contribution in [0.25, 0.3) is 0 Å². The Balaban J connectivity index is 3.20. The Morgan fingerprint density at radius 3 is 2.29 bits per heavy atom. The van der Waals surface area contributed by atoms with Crippen molar-refractivity contribution in [1.29, 1.82) is 0 Å². The lowest BCUT2D eigenvalue weighted by Crippen LogP contribution is -2.50. The van der Waals surface area contributed by atoms with E-state index in [2.05, 4.69) is 54.6 Å². The number of aliphatic imine (C=N–C) groups is 1. The fourth-order valence-corrected chi connectivity index (χ4v) is 5.04. The fourth-order valence-electron chi connectivity index (χ4n) is 2.65. The van der Waals surface area contributed by atoms with Crippen molar-refractivity contribution in [2.45, 2.75) is 78.7 Å². The maximum Gasteiger partial charge on any atom is 0.333 e. The molecule has 1 heterocycles. The number of carbonyl (C=O) groups excluding carboxylic acids is 1. The van der Waals surface area contributed by atoms with Crippen molar-refractivity contribution in [2.75, 3.05) is 12.4 Å². The fraction of sp³-hybridized carbons (Fsp3) is 0.889. The third-order valence-electron chi connectivity index (χ3n) is 4.99. The number of hydrogen-bond donors (Lipinski definition) is 0. The van der Waals surface area contributed by atoms with Crippen molar-refractivity contribution in [3.63, 3.8) is 0 Å². The summed E-state index contributed by atoms with van der Waals surface area (Å²) in [6, 6.07) is -0.527. The van der Waals surface area contributed by atoms with Gasteiger partial charge in [0, 0.05) is 5.92 Å². The van der Waals surface area contributed by atoms with E-state index in [1.54, 1.807) is 11.8 Å². The van der Waals surface area contributed by atoms with Gasteiger partial charge in [0.25, 0.3) is 0 Å². The van der Waals surface area contributed by atoms with Crippen LogP contribution in [-0.4, -0.2) is 43.8 Å². The molecule has 0 fully saturated rings. The van der Waals surface area contributed by atoms with E-state index in [0.29, 0.717) is 12.5 Å². The molecule has 0 saturated heterocycles. The SMILES string of the molecule is CCOC(=O)[C@H]1N=C(SCC)[C@@H](C(C)C)[C@@H]1O[Si](C)(C)C(C)(C)C. The summed E-state index contributed by atoms with van der Waals surface area (Å²) >= 11 is 1.73. The van der Waals surface area contributed by atoms with Crippen LogP contribution in [0.15, 0.2) is 4.99 Å². The molecule has 4 nitrogen and oxygen atoms in total. The number of rotatable bonds is 6. The molecule has 0 amide bonds. The summed E-state index contributed by atoms with van der Waals surface area (Å²) in [5, 5.41) is 1.14. The van der Waals surface area contributed by atoms with Gasteiger partial charge in [0.15, 0.2) is 14.4 Å². The average molecular weight is 374 g/mol. The summed E-state index contributed by atoms with van der Waals surface area (Å²) in [6.45, 7) is 19.8. The molecule has 0 radical (unpaired) electrons. The smallest absolute Gasteiger partial charge is 0.333 e. The molecule has 0 saturated carbocycles. The first kappa shape index (κ1) is 21.7. The molecular weight excluding hydrogens is 338 g/mol. The standard InChI is InChI=1S/C18H35NO3SSi/c1-10-21-17(20)14-15(22-24(8,9)18(5,6)7)13(12(3)4)16(19-14)23-11-2/h12-15H,10-11H2,1-9H3/t13-,14-,15-/m0/s1. The number of nitrogens with zero attached hydrogens (tertiary/aromatic N) is 1. The Morgan fingerprint density at radius 2 is 1.88 bits per heavy atom. The lowest BCUT2D eigenvalue weighted by atomic mass is 9.90. The van der Waals surface area contributed by atoms with Gasteiger partial charge in [-0.05, 0) is 36.7 Å². The molecule has 0 aromatic carbocycles. The minimum Gasteiger partial charge on any atom is -0.464 e. The first-order valence-corrected chi connectivity index (χ1v) is 12.9. The number of thioether (sulfide) groups is 1. The minimum absolute atomic E-state index is 0.0917. The lowest BCUT2D eigenvalue weighted by molar-refractivity contribution is -0.147. The van der Waals surface area contributed by atoms with Crippen LogP contribution in [0.3, 0.4) is 0 Å². The second-order valence-electron chi connectivity index (χ2n) is 8.21. The molecule has 0 aromatic rings. The molecule has 140 valence electrons. The first-order valence-electron chi connectivity index (χ1n) is 9.01. The molecule has 3 atom stereocenters. The van der Waals surface area contributed by atoms with Gasteiger partial charge in [-0.15, -0.1) is 11.8 Å². The average Bonchev–Trinajstić information content (AvgIpc) is 2.76. The zero-order valence-corrected chi connectivity index (χ0v) is 18.6. The zero-order valence-electron chi connectivity index (χ0n) is 16.8. The molecular formula is C18H35NO3SSi. The summed E-state index contributed by atoms with van der Waals surface area (Å²) in [5.74, 6) is 1.23. The molecule has 0 aliphatic carbocycles. The van der Waals surface area contributed by atoms with Gasteiger partial charge in [-0.2, -0.15) is 0 Å². The van der Waals surface area contributed by atoms with E-state index in [9.17, 15) is 4.79 Å². The van der Waals surface area contributed by atoms with Gasteiger partial charge < -0.3 is 9.16 Å². The molecule has 0 spiro atoms. The summed E-state index contributed by atoms with van der Waals surface area (Å²) < 4.78 is 12.0. The van der Waals surface area contributed by atoms with E-state index in [0.717, 1.165) is 10.8 Å². The number of ether oxygens (including phenoxy) is 1. The quantitative estimate of drug-likeness (QED) is 0.498. The highest BCUT2D eigenvalue weighted by atomic mass is 32.2. The molecule has 24 heavy (non-hydrogen) atoms. The van der Waals surface area contributed by atoms with Crippen molar-refractivity contribution in [3.8, 4) is 0 Å². The number of hydrogen-bond acceptors (Lipinski definition) is 5. The van der Waals surface area contributed by atoms with Crippen molar-refractivity contribution in [1.82, 2.24) is 0 Å². The van der Waals surface area contributed by atoms with Crippen LogP contribution in [-0.2, 0) is 14.0 Å². The monoisotopic (exact) mass is 373 g/mol. The van der Waals surface area contributed by atoms with Crippen molar-refractivity contribution in [2.24, 2.45) is 16.8 Å². The van der Waals surface area contributed by atoms with Crippen LogP contribution in [0.2, 0.25) is 18.1 Å². The Labute approximate surface area is 153 Å². The Morgan fingerprint density at radius 1 is 1.29 bits per heavy atom. The lowest BCUT2D eigenvalue weighted by Gasteiger charge is -2.41. The Kier molecular flexibility index (Phi) is 7.57. The van der Waals surface area contributed by atoms with Crippen LogP contribution >= 0.6 is 11.8 Å². The topological polar surface area (TPSA) is 47.9 Å². The molecule has 6 heteroatoms. The highest BCUT2D eigenvalue weighted by molar-refractivity contribution is 8.14. The van der Waals surface area contributed by atoms with Crippen LogP contribution in [0.5, 0.6) is 0 Å². The van der Waals surface area contributed by atoms with E-state index in [4.69, 9.17) is 14.2 Å². The van der Waals surface area contributed by atoms with Gasteiger partial charge in [-0.25, -0.2) is 4.79 Å². The summed E-state index contributed by atoms with van der Waals surface area (Å²) in [4.78, 5) is 17.3. The van der Waals surface area contributed by atoms with Gasteiger partial charge in [0.2, 0.25) is 0 Å². The zero-order chi connectivity index (χ0) is 18.7. The number of esters is 1. The maximum absolute atomic E-state index is 12.5. The second-order valence-corrected chi connectivity index (χ2v) is 14.3. The molecule has 1 rings (SSSR count). The van der Waals surface area contributed by atoms with Gasteiger partial charge in [0.1, 0.15) is 0 Å². The van der Waals surface area contributed by atoms with Crippen molar-refractivity contribution in [3.05, 3.63) is 0 Å².